The molecule has 3 fully saturated rings. The molecular formula is C26H35N5O2. The summed E-state index contributed by atoms with van der Waals surface area (Å²) in [5.74, 6) is 1.54. The zero-order valence-corrected chi connectivity index (χ0v) is 19.6. The fourth-order valence-electron chi connectivity index (χ4n) is 5.04. The predicted octanol–water partition coefficient (Wildman–Crippen LogP) is 4.26. The van der Waals surface area contributed by atoms with Crippen LogP contribution in [-0.4, -0.2) is 56.9 Å². The number of hydrogen-bond acceptors (Lipinski definition) is 7. The monoisotopic (exact) mass is 449 g/mol. The van der Waals surface area contributed by atoms with Crippen molar-refractivity contribution in [2.45, 2.75) is 38.1 Å². The molecular weight excluding hydrogens is 414 g/mol. The molecule has 2 aliphatic heterocycles. The smallest absolute Gasteiger partial charge is 0.168 e. The highest BCUT2D eigenvalue weighted by atomic mass is 16.4. The molecule has 2 saturated heterocycles. The number of piperidine rings is 1. The first kappa shape index (κ1) is 23.4. The summed E-state index contributed by atoms with van der Waals surface area (Å²) in [5.41, 5.74) is 3.86. The number of aromatic nitrogens is 1. The number of benzene rings is 1. The van der Waals surface area contributed by atoms with E-state index in [1.54, 1.807) is 14.2 Å². The van der Waals surface area contributed by atoms with Crippen LogP contribution in [0.25, 0.3) is 0 Å². The van der Waals surface area contributed by atoms with Crippen molar-refractivity contribution in [1.29, 1.82) is 5.41 Å². The third-order valence-corrected chi connectivity index (χ3v) is 6.95. The van der Waals surface area contributed by atoms with Gasteiger partial charge in [0, 0.05) is 50.7 Å². The fraction of sp³-hybridized carbons (Fsp3) is 0.500. The van der Waals surface area contributed by atoms with Crippen LogP contribution in [0, 0.1) is 17.2 Å². The van der Waals surface area contributed by atoms with Crippen molar-refractivity contribution in [3.05, 3.63) is 47.7 Å². The van der Waals surface area contributed by atoms with Gasteiger partial charge in [0.1, 0.15) is 11.5 Å². The average molecular weight is 450 g/mol. The third kappa shape index (κ3) is 5.25. The van der Waals surface area contributed by atoms with Crippen molar-refractivity contribution in [2.24, 2.45) is 11.8 Å². The van der Waals surface area contributed by atoms with Gasteiger partial charge in [-0.25, -0.2) is 4.98 Å². The van der Waals surface area contributed by atoms with Crippen LogP contribution >= 0.6 is 0 Å². The molecule has 1 saturated carbocycles. The number of nitrogens with one attached hydrogen (secondary N) is 3. The Morgan fingerprint density at radius 1 is 1.21 bits per heavy atom. The molecule has 2 unspecified atom stereocenters. The lowest BCUT2D eigenvalue weighted by molar-refractivity contribution is 0.111. The number of fused-ring (bicyclic) bond motifs is 1. The molecule has 3 heterocycles. The highest BCUT2D eigenvalue weighted by Crippen LogP contribution is 2.39. The van der Waals surface area contributed by atoms with Gasteiger partial charge in [-0.3, -0.25) is 4.79 Å². The lowest BCUT2D eigenvalue weighted by Gasteiger charge is -2.38. The Hall–Kier alpha value is -2.77. The molecule has 5 rings (SSSR count). The number of carbonyl (C=O) groups is 1. The summed E-state index contributed by atoms with van der Waals surface area (Å²) in [6, 6.07) is 12.4. The number of para-hydroxylation sites is 1. The Morgan fingerprint density at radius 2 is 1.97 bits per heavy atom. The minimum absolute atomic E-state index is 0.287. The van der Waals surface area contributed by atoms with Gasteiger partial charge in [-0.1, -0.05) is 24.6 Å². The van der Waals surface area contributed by atoms with Crippen molar-refractivity contribution in [1.82, 2.24) is 10.3 Å². The van der Waals surface area contributed by atoms with E-state index in [9.17, 15) is 4.79 Å². The first-order valence-electron chi connectivity index (χ1n) is 11.9. The molecule has 2 atom stereocenters. The number of methoxy groups -OCH3 is 1. The summed E-state index contributed by atoms with van der Waals surface area (Å²) >= 11 is 0. The minimum atomic E-state index is 0.287. The van der Waals surface area contributed by atoms with Gasteiger partial charge >= 0.3 is 0 Å². The SMILES string of the molecule is COC.N=C(c1c(N2CCC3NCCC3C2)cc(C=O)nc1Nc1ccccc1)C1CCC1. The molecule has 0 spiro atoms. The van der Waals surface area contributed by atoms with Crippen LogP contribution in [0.1, 0.15) is 48.2 Å². The van der Waals surface area contributed by atoms with Crippen molar-refractivity contribution >= 4 is 29.2 Å². The summed E-state index contributed by atoms with van der Waals surface area (Å²) in [4.78, 5) is 18.7. The van der Waals surface area contributed by atoms with Gasteiger partial charge in [-0.05, 0) is 56.3 Å². The second kappa shape index (κ2) is 10.9. The van der Waals surface area contributed by atoms with Gasteiger partial charge in [-0.15, -0.1) is 0 Å². The molecule has 0 radical (unpaired) electrons. The summed E-state index contributed by atoms with van der Waals surface area (Å²) in [6.07, 6.45) is 6.42. The van der Waals surface area contributed by atoms with Crippen LogP contribution in [0.2, 0.25) is 0 Å². The number of hydrogen-bond donors (Lipinski definition) is 3. The maximum Gasteiger partial charge on any atom is 0.168 e. The van der Waals surface area contributed by atoms with Crippen LogP contribution in [0.15, 0.2) is 36.4 Å². The van der Waals surface area contributed by atoms with E-state index in [4.69, 9.17) is 5.41 Å². The second-order valence-corrected chi connectivity index (χ2v) is 9.19. The molecule has 0 amide bonds. The fourth-order valence-corrected chi connectivity index (χ4v) is 5.04. The van der Waals surface area contributed by atoms with Gasteiger partial charge in [0.25, 0.3) is 0 Å². The minimum Gasteiger partial charge on any atom is -0.388 e. The van der Waals surface area contributed by atoms with E-state index in [1.165, 1.54) is 12.8 Å². The average Bonchev–Trinajstić information content (AvgIpc) is 3.26. The predicted molar refractivity (Wildman–Crippen MR) is 133 cm³/mol. The standard InChI is InChI=1S/C24H29N5O.C2H6O/c25-23(16-5-4-6-16)22-21(29-12-10-20-17(14-29)9-11-26-20)13-19(15-30)28-24(22)27-18-7-2-1-3-8-18;1-3-2/h1-3,7-8,13,15-17,20,25-26H,4-6,9-12,14H2,(H,27,28);1-2H3. The summed E-state index contributed by atoms with van der Waals surface area (Å²) in [7, 11) is 3.25. The first-order chi connectivity index (χ1) is 16.1. The Labute approximate surface area is 196 Å². The molecule has 3 aliphatic rings. The summed E-state index contributed by atoms with van der Waals surface area (Å²) in [6.45, 7) is 2.99. The lowest BCUT2D eigenvalue weighted by atomic mass is 9.78. The van der Waals surface area contributed by atoms with E-state index >= 15 is 0 Å². The molecule has 1 aliphatic carbocycles. The molecule has 176 valence electrons. The molecule has 7 heteroatoms. The maximum absolute atomic E-state index is 11.7. The van der Waals surface area contributed by atoms with Crippen molar-refractivity contribution < 1.29 is 9.53 Å². The van der Waals surface area contributed by atoms with Gasteiger partial charge in [0.05, 0.1) is 11.3 Å². The van der Waals surface area contributed by atoms with Crippen LogP contribution < -0.4 is 15.5 Å². The highest BCUT2D eigenvalue weighted by molar-refractivity contribution is 6.10. The van der Waals surface area contributed by atoms with Gasteiger partial charge in [0.2, 0.25) is 0 Å². The first-order valence-corrected chi connectivity index (χ1v) is 11.9. The number of nitrogens with zero attached hydrogens (tertiary/aromatic N) is 2. The van der Waals surface area contributed by atoms with Gasteiger partial charge in [0.15, 0.2) is 6.29 Å². The Balaban J connectivity index is 0.000000821. The number of rotatable bonds is 6. The van der Waals surface area contributed by atoms with Crippen molar-refractivity contribution in [3.8, 4) is 0 Å². The van der Waals surface area contributed by atoms with E-state index in [0.29, 0.717) is 29.2 Å². The summed E-state index contributed by atoms with van der Waals surface area (Å²) in [5, 5.41) is 16.0. The Kier molecular flexibility index (Phi) is 7.73. The lowest BCUT2D eigenvalue weighted by Crippen LogP contribution is -2.45. The molecule has 1 aromatic carbocycles. The second-order valence-electron chi connectivity index (χ2n) is 9.19. The van der Waals surface area contributed by atoms with E-state index < -0.39 is 0 Å². The molecule has 2 aromatic rings. The van der Waals surface area contributed by atoms with Gasteiger partial charge < -0.3 is 25.7 Å². The topological polar surface area (TPSA) is 90.3 Å². The van der Waals surface area contributed by atoms with E-state index in [0.717, 1.165) is 62.1 Å². The number of anilines is 3. The van der Waals surface area contributed by atoms with E-state index in [1.807, 2.05) is 36.4 Å². The van der Waals surface area contributed by atoms with E-state index in [2.05, 4.69) is 25.3 Å². The summed E-state index contributed by atoms with van der Waals surface area (Å²) < 4.78 is 4.25. The molecule has 1 aromatic heterocycles. The Morgan fingerprint density at radius 3 is 2.64 bits per heavy atom. The zero-order valence-electron chi connectivity index (χ0n) is 19.6. The molecule has 33 heavy (non-hydrogen) atoms. The zero-order chi connectivity index (χ0) is 23.2. The third-order valence-electron chi connectivity index (χ3n) is 6.95. The number of pyridine rings is 1. The van der Waals surface area contributed by atoms with Crippen molar-refractivity contribution in [3.63, 3.8) is 0 Å². The molecule has 7 nitrogen and oxygen atoms in total. The molecule has 3 N–H and O–H groups in total. The van der Waals surface area contributed by atoms with Crippen LogP contribution in [0.5, 0.6) is 0 Å². The number of aldehydes is 1. The molecule has 0 bridgehead atoms. The quantitative estimate of drug-likeness (QED) is 0.451. The van der Waals surface area contributed by atoms with Crippen LogP contribution in [0.3, 0.4) is 0 Å². The largest absolute Gasteiger partial charge is 0.388 e. The van der Waals surface area contributed by atoms with Gasteiger partial charge in [-0.2, -0.15) is 0 Å². The Bertz CT molecular complexity index is 961. The van der Waals surface area contributed by atoms with Crippen LogP contribution in [0.4, 0.5) is 17.2 Å². The van der Waals surface area contributed by atoms with Crippen molar-refractivity contribution in [2.75, 3.05) is 44.1 Å². The maximum atomic E-state index is 11.7. The van der Waals surface area contributed by atoms with Crippen LogP contribution in [-0.2, 0) is 4.74 Å². The number of carbonyl (C=O) groups excluding carboxylic acids is 1. The van der Waals surface area contributed by atoms with E-state index in [-0.39, 0.29) is 5.92 Å². The normalized spacial score (nSPS) is 21.9. The number of ether oxygens (including phenoxy) is 1. The highest BCUT2D eigenvalue weighted by Gasteiger charge is 2.35.